The zero-order valence-electron chi connectivity index (χ0n) is 16.3. The number of pyridine rings is 1. The van der Waals surface area contributed by atoms with E-state index in [4.69, 9.17) is 24.7 Å². The Balaban J connectivity index is 2.41. The van der Waals surface area contributed by atoms with Crippen molar-refractivity contribution in [2.45, 2.75) is 12.8 Å². The predicted molar refractivity (Wildman–Crippen MR) is 102 cm³/mol. The Hall–Kier alpha value is -3.60. The number of benzene rings is 1. The Morgan fingerprint density at radius 2 is 1.86 bits per heavy atom. The van der Waals surface area contributed by atoms with E-state index in [0.29, 0.717) is 39.8 Å². The molecular weight excluding hydrogens is 362 g/mol. The lowest BCUT2D eigenvalue weighted by Gasteiger charge is -2.28. The number of allylic oxidation sites excluding steroid dienone is 1. The van der Waals surface area contributed by atoms with Gasteiger partial charge in [-0.3, -0.25) is 4.79 Å². The van der Waals surface area contributed by atoms with Crippen LogP contribution in [0.4, 0.5) is 0 Å². The number of methoxy groups -OCH3 is 3. The fourth-order valence-corrected chi connectivity index (χ4v) is 3.40. The van der Waals surface area contributed by atoms with Crippen molar-refractivity contribution in [3.63, 3.8) is 0 Å². The quantitative estimate of drug-likeness (QED) is 0.859. The third-order valence-corrected chi connectivity index (χ3v) is 4.90. The highest BCUT2D eigenvalue weighted by molar-refractivity contribution is 5.64. The minimum absolute atomic E-state index is 0.0514. The standard InChI is InChI=1S/C20H21N3O5/c1-10-8-14-16(20(24)23(10)2)15(12(9-21)19(22)28-14)11-6-7-13(25-3)18(27-5)17(11)26-4/h6-8,15H,22H2,1-5H3/t15-/m1/s1. The number of ether oxygens (including phenoxy) is 4. The molecule has 0 saturated heterocycles. The molecule has 0 saturated carbocycles. The number of nitrogens with two attached hydrogens (primary N) is 1. The van der Waals surface area contributed by atoms with Gasteiger partial charge in [-0.05, 0) is 13.0 Å². The molecule has 0 fully saturated rings. The Kier molecular flexibility index (Phi) is 4.92. The van der Waals surface area contributed by atoms with E-state index in [2.05, 4.69) is 6.07 Å². The summed E-state index contributed by atoms with van der Waals surface area (Å²) in [6.07, 6.45) is 0. The highest BCUT2D eigenvalue weighted by Crippen LogP contribution is 2.48. The van der Waals surface area contributed by atoms with E-state index in [1.807, 2.05) is 0 Å². The van der Waals surface area contributed by atoms with Crippen LogP contribution < -0.4 is 30.2 Å². The highest BCUT2D eigenvalue weighted by Gasteiger charge is 2.37. The van der Waals surface area contributed by atoms with E-state index in [0.717, 1.165) is 0 Å². The van der Waals surface area contributed by atoms with Crippen molar-refractivity contribution < 1.29 is 18.9 Å². The summed E-state index contributed by atoms with van der Waals surface area (Å²) in [5, 5.41) is 9.75. The number of aromatic nitrogens is 1. The van der Waals surface area contributed by atoms with Gasteiger partial charge in [-0.2, -0.15) is 5.26 Å². The minimum Gasteiger partial charge on any atom is -0.493 e. The number of aryl methyl sites for hydroxylation is 1. The number of rotatable bonds is 4. The summed E-state index contributed by atoms with van der Waals surface area (Å²) in [6.45, 7) is 1.79. The lowest BCUT2D eigenvalue weighted by atomic mass is 9.83. The van der Waals surface area contributed by atoms with Gasteiger partial charge in [0.05, 0.1) is 32.8 Å². The Labute approximate surface area is 162 Å². The van der Waals surface area contributed by atoms with Crippen molar-refractivity contribution >= 4 is 0 Å². The summed E-state index contributed by atoms with van der Waals surface area (Å²) in [5.41, 5.74) is 7.42. The number of nitriles is 1. The van der Waals surface area contributed by atoms with Crippen molar-refractivity contribution in [3.8, 4) is 29.1 Å². The van der Waals surface area contributed by atoms with Crippen LogP contribution in [-0.4, -0.2) is 25.9 Å². The SMILES string of the molecule is COc1ccc([C@@H]2C(C#N)=C(N)Oc3cc(C)n(C)c(=O)c32)c(OC)c1OC. The van der Waals surface area contributed by atoms with Crippen molar-refractivity contribution in [3.05, 3.63) is 56.8 Å². The molecule has 3 rings (SSSR count). The van der Waals surface area contributed by atoms with E-state index >= 15 is 0 Å². The fraction of sp³-hybridized carbons (Fsp3) is 0.300. The van der Waals surface area contributed by atoms with Crippen LogP contribution >= 0.6 is 0 Å². The van der Waals surface area contributed by atoms with Crippen molar-refractivity contribution in [2.24, 2.45) is 12.8 Å². The summed E-state index contributed by atoms with van der Waals surface area (Å²) >= 11 is 0. The summed E-state index contributed by atoms with van der Waals surface area (Å²) in [5.74, 6) is 0.659. The molecule has 0 amide bonds. The Morgan fingerprint density at radius 1 is 1.18 bits per heavy atom. The highest BCUT2D eigenvalue weighted by atomic mass is 16.5. The normalized spacial score (nSPS) is 15.4. The number of hydrogen-bond donors (Lipinski definition) is 1. The summed E-state index contributed by atoms with van der Waals surface area (Å²) in [7, 11) is 6.14. The molecule has 146 valence electrons. The number of nitrogens with zero attached hydrogens (tertiary/aromatic N) is 2. The largest absolute Gasteiger partial charge is 0.493 e. The van der Waals surface area contributed by atoms with Crippen LogP contribution in [0.2, 0.25) is 0 Å². The van der Waals surface area contributed by atoms with Gasteiger partial charge in [0.15, 0.2) is 11.5 Å². The molecule has 1 atom stereocenters. The van der Waals surface area contributed by atoms with Crippen LogP contribution in [0.25, 0.3) is 0 Å². The van der Waals surface area contributed by atoms with Crippen LogP contribution in [0.1, 0.15) is 22.7 Å². The van der Waals surface area contributed by atoms with Crippen molar-refractivity contribution in [2.75, 3.05) is 21.3 Å². The lowest BCUT2D eigenvalue weighted by Crippen LogP contribution is -2.31. The van der Waals surface area contributed by atoms with E-state index in [1.165, 1.54) is 25.9 Å². The topological polar surface area (TPSA) is 109 Å². The molecule has 2 aromatic rings. The molecule has 2 heterocycles. The van der Waals surface area contributed by atoms with E-state index in [-0.39, 0.29) is 17.0 Å². The molecule has 1 aliphatic heterocycles. The molecule has 0 spiro atoms. The molecule has 0 unspecified atom stereocenters. The van der Waals surface area contributed by atoms with Gasteiger partial charge in [0, 0.05) is 24.4 Å². The second kappa shape index (κ2) is 7.19. The summed E-state index contributed by atoms with van der Waals surface area (Å²) in [6, 6.07) is 7.21. The molecule has 0 radical (unpaired) electrons. The van der Waals surface area contributed by atoms with Gasteiger partial charge in [-0.1, -0.05) is 6.07 Å². The molecule has 8 heteroatoms. The zero-order chi connectivity index (χ0) is 20.6. The molecule has 1 aromatic heterocycles. The maximum atomic E-state index is 13.1. The van der Waals surface area contributed by atoms with Crippen LogP contribution in [0.15, 0.2) is 34.4 Å². The molecule has 1 aliphatic rings. The Bertz CT molecular complexity index is 1080. The molecule has 1 aromatic carbocycles. The molecule has 0 bridgehead atoms. The number of fused-ring (bicyclic) bond motifs is 1. The van der Waals surface area contributed by atoms with Crippen LogP contribution in [0.3, 0.4) is 0 Å². The fourth-order valence-electron chi connectivity index (χ4n) is 3.40. The van der Waals surface area contributed by atoms with Gasteiger partial charge in [-0.15, -0.1) is 0 Å². The molecule has 8 nitrogen and oxygen atoms in total. The second-order valence-corrected chi connectivity index (χ2v) is 6.28. The summed E-state index contributed by atoms with van der Waals surface area (Å²) < 4.78 is 23.5. The first-order valence-electron chi connectivity index (χ1n) is 8.46. The second-order valence-electron chi connectivity index (χ2n) is 6.28. The Morgan fingerprint density at radius 3 is 2.43 bits per heavy atom. The van der Waals surface area contributed by atoms with Crippen LogP contribution in [-0.2, 0) is 7.05 Å². The van der Waals surface area contributed by atoms with Gasteiger partial charge in [0.25, 0.3) is 5.56 Å². The van der Waals surface area contributed by atoms with Gasteiger partial charge in [0.2, 0.25) is 11.6 Å². The molecular formula is C20H21N3O5. The third-order valence-electron chi connectivity index (χ3n) is 4.90. The maximum absolute atomic E-state index is 13.1. The predicted octanol–water partition coefficient (Wildman–Crippen LogP) is 1.94. The summed E-state index contributed by atoms with van der Waals surface area (Å²) in [4.78, 5) is 13.1. The monoisotopic (exact) mass is 383 g/mol. The first-order valence-corrected chi connectivity index (χ1v) is 8.46. The molecule has 0 aliphatic carbocycles. The van der Waals surface area contributed by atoms with E-state index in [9.17, 15) is 10.1 Å². The first kappa shape index (κ1) is 19.2. The zero-order valence-corrected chi connectivity index (χ0v) is 16.3. The maximum Gasteiger partial charge on any atom is 0.258 e. The molecule has 2 N–H and O–H groups in total. The first-order chi connectivity index (χ1) is 13.4. The van der Waals surface area contributed by atoms with Gasteiger partial charge >= 0.3 is 0 Å². The lowest BCUT2D eigenvalue weighted by molar-refractivity contribution is 0.321. The van der Waals surface area contributed by atoms with E-state index < -0.39 is 5.92 Å². The van der Waals surface area contributed by atoms with Gasteiger partial charge in [-0.25, -0.2) is 0 Å². The van der Waals surface area contributed by atoms with Crippen LogP contribution in [0.5, 0.6) is 23.0 Å². The van der Waals surface area contributed by atoms with Crippen molar-refractivity contribution in [1.82, 2.24) is 4.57 Å². The third kappa shape index (κ3) is 2.72. The molecule has 28 heavy (non-hydrogen) atoms. The van der Waals surface area contributed by atoms with Crippen LogP contribution in [0, 0.1) is 18.3 Å². The smallest absolute Gasteiger partial charge is 0.258 e. The average molecular weight is 383 g/mol. The minimum atomic E-state index is -0.775. The van der Waals surface area contributed by atoms with Gasteiger partial charge in [0.1, 0.15) is 17.4 Å². The average Bonchev–Trinajstić information content (AvgIpc) is 2.69. The van der Waals surface area contributed by atoms with Gasteiger partial charge < -0.3 is 29.2 Å². The number of hydrogen-bond acceptors (Lipinski definition) is 7. The van der Waals surface area contributed by atoms with Crippen molar-refractivity contribution in [1.29, 1.82) is 5.26 Å². The van der Waals surface area contributed by atoms with E-state index in [1.54, 1.807) is 32.2 Å².